The molecule has 1 aliphatic heterocycles. The number of ether oxygens (including phenoxy) is 2. The maximum atomic E-state index is 14.9. The van der Waals surface area contributed by atoms with E-state index < -0.39 is 58.3 Å². The number of nitriles is 1. The molecule has 1 saturated heterocycles. The van der Waals surface area contributed by atoms with Crippen LogP contribution in [0.2, 0.25) is 0 Å². The molecule has 1 aliphatic carbocycles. The predicted molar refractivity (Wildman–Crippen MR) is 182 cm³/mol. The lowest BCUT2D eigenvalue weighted by Crippen LogP contribution is -2.58. The summed E-state index contributed by atoms with van der Waals surface area (Å²) in [6.07, 6.45) is 5.00. The van der Waals surface area contributed by atoms with Gasteiger partial charge in [0.2, 0.25) is 5.91 Å². The second kappa shape index (κ2) is 14.2. The van der Waals surface area contributed by atoms with Crippen LogP contribution in [0.4, 0.5) is 4.39 Å². The van der Waals surface area contributed by atoms with Gasteiger partial charge in [-0.3, -0.25) is 14.4 Å². The summed E-state index contributed by atoms with van der Waals surface area (Å²) in [5, 5.41) is 19.3. The van der Waals surface area contributed by atoms with Crippen LogP contribution < -0.4 is 15.6 Å². The number of H-pyrrole nitrogens is 1. The molecule has 0 radical (unpaired) electrons. The number of amides is 2. The Bertz CT molecular complexity index is 1880. The van der Waals surface area contributed by atoms with Gasteiger partial charge < -0.3 is 19.7 Å². The van der Waals surface area contributed by atoms with E-state index in [1.165, 1.54) is 18.2 Å². The third kappa shape index (κ3) is 7.65. The largest absolute Gasteiger partial charge is 0.451 e. The molecule has 1 fully saturated rings. The molecule has 49 heavy (non-hydrogen) atoms. The van der Waals surface area contributed by atoms with E-state index in [0.29, 0.717) is 29.8 Å². The van der Waals surface area contributed by atoms with Gasteiger partial charge in [0.1, 0.15) is 17.6 Å². The highest BCUT2D eigenvalue weighted by molar-refractivity contribution is 5.98. The molecule has 1 unspecified atom stereocenters. The Morgan fingerprint density at radius 2 is 1.92 bits per heavy atom. The quantitative estimate of drug-likeness (QED) is 0.262. The number of hydrogen-bond donors (Lipinski definition) is 2. The van der Waals surface area contributed by atoms with Crippen LogP contribution in [0.5, 0.6) is 11.5 Å². The van der Waals surface area contributed by atoms with E-state index in [-0.39, 0.29) is 17.9 Å². The molecular formula is C38H42FN5O5. The Morgan fingerprint density at radius 1 is 1.18 bits per heavy atom. The second-order valence-electron chi connectivity index (χ2n) is 13.7. The van der Waals surface area contributed by atoms with Gasteiger partial charge in [-0.15, -0.1) is 0 Å². The number of likely N-dealkylation sites (tertiary alicyclic amines) is 1. The molecule has 0 saturated carbocycles. The number of aryl methyl sites for hydroxylation is 2. The van der Waals surface area contributed by atoms with Gasteiger partial charge in [0.25, 0.3) is 5.91 Å². The Kier molecular flexibility index (Phi) is 10.2. The van der Waals surface area contributed by atoms with E-state index in [9.17, 15) is 24.0 Å². The van der Waals surface area contributed by atoms with Gasteiger partial charge in [0.15, 0.2) is 5.75 Å². The Hall–Kier alpha value is -5.08. The molecule has 0 spiro atoms. The number of nitrogens with one attached hydrogen (secondary N) is 2. The van der Waals surface area contributed by atoms with E-state index >= 15 is 0 Å². The molecule has 2 amide bonds. The molecule has 2 aliphatic rings. The summed E-state index contributed by atoms with van der Waals surface area (Å²) in [5.41, 5.74) is 0.104. The van der Waals surface area contributed by atoms with E-state index in [1.54, 1.807) is 63.8 Å². The zero-order valence-electron chi connectivity index (χ0n) is 28.6. The standard InChI is InChI=1S/C38H42FN5O5/c1-23-17-27(14-15-29(23)49-31-18-24(2)42-43-35(31)46)34(45)41-25(3)36(47)44-32(37(4,5)22-40)19-30(48-21-26-11-8-7-9-12-26)33(44)38(6)16-10-13-28(39)20-38/h7-15,17-18,20,25,30,32-33H,16,19,21H2,1-6H3,(H,41,45)(H,43,46)/t25-,30-,32-,33+,38?/m1/s1. The van der Waals surface area contributed by atoms with Crippen molar-refractivity contribution in [3.05, 3.63) is 111 Å². The van der Waals surface area contributed by atoms with Crippen LogP contribution in [0, 0.1) is 36.0 Å². The van der Waals surface area contributed by atoms with Crippen LogP contribution in [0.3, 0.4) is 0 Å². The number of rotatable bonds is 10. The van der Waals surface area contributed by atoms with Gasteiger partial charge in [-0.05, 0) is 88.9 Å². The number of benzene rings is 2. The van der Waals surface area contributed by atoms with E-state index in [1.807, 2.05) is 37.3 Å². The summed E-state index contributed by atoms with van der Waals surface area (Å²) in [5.74, 6) is -0.834. The minimum absolute atomic E-state index is 0.0740. The highest BCUT2D eigenvalue weighted by Crippen LogP contribution is 2.48. The SMILES string of the molecule is Cc1cc(Oc2ccc(C(=O)N[C@H](C)C(=O)N3[C@H](C4(C)C=C(F)C=CC4)[C@H](OCc4ccccc4)C[C@@H]3C(C)(C)C#N)cc2C)c(=O)[nH]n1. The number of carbonyl (C=O) groups is 2. The smallest absolute Gasteiger partial charge is 0.307 e. The fourth-order valence-electron chi connectivity index (χ4n) is 6.72. The van der Waals surface area contributed by atoms with Crippen LogP contribution in [0.1, 0.15) is 67.7 Å². The molecule has 5 rings (SSSR count). The summed E-state index contributed by atoms with van der Waals surface area (Å²) < 4.78 is 27.2. The van der Waals surface area contributed by atoms with Crippen LogP contribution in [-0.4, -0.2) is 51.1 Å². The van der Waals surface area contributed by atoms with Crippen molar-refractivity contribution < 1.29 is 23.5 Å². The topological polar surface area (TPSA) is 137 Å². The number of hydrogen-bond acceptors (Lipinski definition) is 7. The minimum atomic E-state index is -0.994. The summed E-state index contributed by atoms with van der Waals surface area (Å²) in [6.45, 7) is 10.8. The second-order valence-corrected chi connectivity index (χ2v) is 13.7. The fraction of sp³-hybridized carbons (Fsp3) is 0.395. The first-order valence-electron chi connectivity index (χ1n) is 16.3. The number of aromatic amines is 1. The Labute approximate surface area is 285 Å². The first kappa shape index (κ1) is 35.2. The number of carbonyl (C=O) groups excluding carboxylic acids is 2. The molecule has 2 aromatic carbocycles. The number of allylic oxidation sites excluding steroid dienone is 3. The first-order chi connectivity index (χ1) is 23.2. The van der Waals surface area contributed by atoms with Gasteiger partial charge in [0.05, 0.1) is 42.0 Å². The average Bonchev–Trinajstić information content (AvgIpc) is 3.48. The van der Waals surface area contributed by atoms with E-state index in [0.717, 1.165) is 5.56 Å². The third-order valence-electron chi connectivity index (χ3n) is 9.38. The fourth-order valence-corrected chi connectivity index (χ4v) is 6.72. The van der Waals surface area contributed by atoms with Crippen LogP contribution in [-0.2, 0) is 16.1 Å². The van der Waals surface area contributed by atoms with Gasteiger partial charge in [0, 0.05) is 17.0 Å². The van der Waals surface area contributed by atoms with Gasteiger partial charge in [-0.2, -0.15) is 10.4 Å². The summed E-state index contributed by atoms with van der Waals surface area (Å²) in [4.78, 5) is 41.9. The van der Waals surface area contributed by atoms with E-state index in [2.05, 4.69) is 21.6 Å². The monoisotopic (exact) mass is 667 g/mol. The van der Waals surface area contributed by atoms with Crippen LogP contribution in [0.25, 0.3) is 0 Å². The molecule has 3 aromatic rings. The Balaban J connectivity index is 1.41. The lowest BCUT2D eigenvalue weighted by molar-refractivity contribution is -0.141. The molecule has 2 heterocycles. The van der Waals surface area contributed by atoms with Crippen molar-refractivity contribution >= 4 is 11.8 Å². The highest BCUT2D eigenvalue weighted by atomic mass is 19.1. The van der Waals surface area contributed by atoms with Crippen molar-refractivity contribution in [3.63, 3.8) is 0 Å². The minimum Gasteiger partial charge on any atom is -0.451 e. The highest BCUT2D eigenvalue weighted by Gasteiger charge is 2.56. The van der Waals surface area contributed by atoms with Crippen molar-refractivity contribution in [2.45, 2.75) is 85.2 Å². The summed E-state index contributed by atoms with van der Waals surface area (Å²) in [6, 6.07) is 16.1. The molecular weight excluding hydrogens is 625 g/mol. The maximum absolute atomic E-state index is 14.9. The van der Waals surface area contributed by atoms with Crippen LogP contribution in [0.15, 0.2) is 83.4 Å². The lowest BCUT2D eigenvalue weighted by atomic mass is 9.74. The molecule has 5 atom stereocenters. The average molecular weight is 668 g/mol. The molecule has 1 aromatic heterocycles. The lowest BCUT2D eigenvalue weighted by Gasteiger charge is -2.45. The number of aromatic nitrogens is 2. The van der Waals surface area contributed by atoms with Crippen LogP contribution >= 0.6 is 0 Å². The molecule has 0 bridgehead atoms. The molecule has 10 nitrogen and oxygen atoms in total. The van der Waals surface area contributed by atoms with Crippen molar-refractivity contribution in [1.29, 1.82) is 5.26 Å². The third-order valence-corrected chi connectivity index (χ3v) is 9.38. The predicted octanol–water partition coefficient (Wildman–Crippen LogP) is 6.22. The number of nitrogens with zero attached hydrogens (tertiary/aromatic N) is 3. The van der Waals surface area contributed by atoms with Gasteiger partial charge in [-0.25, -0.2) is 9.49 Å². The molecule has 11 heteroatoms. The van der Waals surface area contributed by atoms with Crippen molar-refractivity contribution in [2.75, 3.05) is 0 Å². The maximum Gasteiger partial charge on any atom is 0.307 e. The van der Waals surface area contributed by atoms with E-state index in [4.69, 9.17) is 9.47 Å². The van der Waals surface area contributed by atoms with Crippen molar-refractivity contribution in [2.24, 2.45) is 10.8 Å². The van der Waals surface area contributed by atoms with Crippen molar-refractivity contribution in [3.8, 4) is 17.6 Å². The molecule has 256 valence electrons. The van der Waals surface area contributed by atoms with Crippen molar-refractivity contribution in [1.82, 2.24) is 20.4 Å². The van der Waals surface area contributed by atoms with Gasteiger partial charge >= 0.3 is 5.56 Å². The van der Waals surface area contributed by atoms with Gasteiger partial charge in [-0.1, -0.05) is 43.3 Å². The summed E-state index contributed by atoms with van der Waals surface area (Å²) >= 11 is 0. The summed E-state index contributed by atoms with van der Waals surface area (Å²) in [7, 11) is 0. The Morgan fingerprint density at radius 3 is 2.59 bits per heavy atom. The number of halogens is 1. The normalized spacial score (nSPS) is 22.6. The molecule has 2 N–H and O–H groups in total. The zero-order chi connectivity index (χ0) is 35.5. The zero-order valence-corrected chi connectivity index (χ0v) is 28.6. The first-order valence-corrected chi connectivity index (χ1v) is 16.3.